The Hall–Kier alpha value is -1.88. The summed E-state index contributed by atoms with van der Waals surface area (Å²) in [5.74, 6) is -0.0837. The SMILES string of the molecule is Cc1cccc2nc(C(=O)N3CCC[C@@H]3CO)cn12. The first-order valence-electron chi connectivity index (χ1n) is 6.57. The van der Waals surface area contributed by atoms with Gasteiger partial charge in [-0.1, -0.05) is 6.07 Å². The van der Waals surface area contributed by atoms with E-state index in [9.17, 15) is 9.90 Å². The van der Waals surface area contributed by atoms with E-state index in [0.717, 1.165) is 24.2 Å². The van der Waals surface area contributed by atoms with Gasteiger partial charge in [-0.25, -0.2) is 4.98 Å². The summed E-state index contributed by atoms with van der Waals surface area (Å²) in [5.41, 5.74) is 2.28. The van der Waals surface area contributed by atoms with E-state index < -0.39 is 0 Å². The molecule has 1 fully saturated rings. The van der Waals surface area contributed by atoms with Gasteiger partial charge in [0.1, 0.15) is 11.3 Å². The van der Waals surface area contributed by atoms with Crippen LogP contribution >= 0.6 is 0 Å². The normalized spacial score (nSPS) is 19.3. The molecule has 5 heteroatoms. The summed E-state index contributed by atoms with van der Waals surface area (Å²) in [6, 6.07) is 5.74. The lowest BCUT2D eigenvalue weighted by atomic mass is 10.2. The number of fused-ring (bicyclic) bond motifs is 1. The molecule has 5 nitrogen and oxygen atoms in total. The molecule has 0 unspecified atom stereocenters. The number of nitrogens with zero attached hydrogens (tertiary/aromatic N) is 3. The maximum atomic E-state index is 12.4. The van der Waals surface area contributed by atoms with Gasteiger partial charge >= 0.3 is 0 Å². The van der Waals surface area contributed by atoms with Crippen molar-refractivity contribution in [2.24, 2.45) is 0 Å². The molecule has 1 saturated heterocycles. The van der Waals surface area contributed by atoms with Crippen LogP contribution in [0.4, 0.5) is 0 Å². The van der Waals surface area contributed by atoms with Crippen molar-refractivity contribution in [3.8, 4) is 0 Å². The lowest BCUT2D eigenvalue weighted by molar-refractivity contribution is 0.0672. The Morgan fingerprint density at radius 1 is 1.53 bits per heavy atom. The van der Waals surface area contributed by atoms with Gasteiger partial charge in [0.15, 0.2) is 0 Å². The summed E-state index contributed by atoms with van der Waals surface area (Å²) < 4.78 is 1.91. The number of imidazole rings is 1. The Labute approximate surface area is 111 Å². The molecule has 0 spiro atoms. The number of carbonyl (C=O) groups is 1. The highest BCUT2D eigenvalue weighted by Gasteiger charge is 2.30. The van der Waals surface area contributed by atoms with E-state index in [1.807, 2.05) is 29.5 Å². The zero-order valence-electron chi connectivity index (χ0n) is 10.9. The van der Waals surface area contributed by atoms with Crippen LogP contribution in [0.1, 0.15) is 29.0 Å². The van der Waals surface area contributed by atoms with Crippen LogP contribution in [-0.2, 0) is 0 Å². The van der Waals surface area contributed by atoms with E-state index in [1.165, 1.54) is 0 Å². The summed E-state index contributed by atoms with van der Waals surface area (Å²) in [5, 5.41) is 9.30. The number of likely N-dealkylation sites (tertiary alicyclic amines) is 1. The van der Waals surface area contributed by atoms with E-state index in [1.54, 1.807) is 11.1 Å². The molecule has 1 N–H and O–H groups in total. The fourth-order valence-electron chi connectivity index (χ4n) is 2.69. The molecule has 0 aliphatic carbocycles. The van der Waals surface area contributed by atoms with Gasteiger partial charge in [0.25, 0.3) is 5.91 Å². The molecule has 2 aromatic rings. The first kappa shape index (κ1) is 12.2. The van der Waals surface area contributed by atoms with Crippen molar-refractivity contribution in [3.63, 3.8) is 0 Å². The average Bonchev–Trinajstić information content (AvgIpc) is 3.04. The number of pyridine rings is 1. The summed E-state index contributed by atoms with van der Waals surface area (Å²) in [6.45, 7) is 2.71. The summed E-state index contributed by atoms with van der Waals surface area (Å²) in [6.07, 6.45) is 3.59. The first-order valence-corrected chi connectivity index (χ1v) is 6.57. The second kappa shape index (κ2) is 4.66. The quantitative estimate of drug-likeness (QED) is 0.882. The number of hydrogen-bond acceptors (Lipinski definition) is 3. The average molecular weight is 259 g/mol. The van der Waals surface area contributed by atoms with Crippen LogP contribution in [0.3, 0.4) is 0 Å². The topological polar surface area (TPSA) is 57.8 Å². The van der Waals surface area contributed by atoms with Crippen LogP contribution in [0.2, 0.25) is 0 Å². The van der Waals surface area contributed by atoms with Crippen LogP contribution in [0, 0.1) is 6.92 Å². The number of hydrogen-bond donors (Lipinski definition) is 1. The minimum absolute atomic E-state index is 0.0259. The lowest BCUT2D eigenvalue weighted by Crippen LogP contribution is -2.37. The summed E-state index contributed by atoms with van der Waals surface area (Å²) in [4.78, 5) is 18.5. The smallest absolute Gasteiger partial charge is 0.274 e. The number of carbonyl (C=O) groups excluding carboxylic acids is 1. The molecule has 0 saturated carbocycles. The third kappa shape index (κ3) is 2.00. The Morgan fingerprint density at radius 3 is 3.11 bits per heavy atom. The third-order valence-corrected chi connectivity index (χ3v) is 3.76. The molecule has 1 aliphatic rings. The molecule has 2 aromatic heterocycles. The highest BCUT2D eigenvalue weighted by atomic mass is 16.3. The van der Waals surface area contributed by atoms with Crippen LogP contribution < -0.4 is 0 Å². The van der Waals surface area contributed by atoms with Crippen molar-refractivity contribution < 1.29 is 9.90 Å². The molecular formula is C14H17N3O2. The zero-order valence-corrected chi connectivity index (χ0v) is 10.9. The monoisotopic (exact) mass is 259 g/mol. The minimum Gasteiger partial charge on any atom is -0.394 e. The van der Waals surface area contributed by atoms with Crippen molar-refractivity contribution in [2.75, 3.05) is 13.2 Å². The molecule has 0 bridgehead atoms. The number of amides is 1. The van der Waals surface area contributed by atoms with Crippen LogP contribution in [-0.4, -0.2) is 44.5 Å². The van der Waals surface area contributed by atoms with Crippen molar-refractivity contribution >= 4 is 11.6 Å². The zero-order chi connectivity index (χ0) is 13.4. The Balaban J connectivity index is 1.95. The van der Waals surface area contributed by atoms with E-state index in [0.29, 0.717) is 12.2 Å². The molecule has 3 heterocycles. The van der Waals surface area contributed by atoms with Gasteiger partial charge < -0.3 is 14.4 Å². The van der Waals surface area contributed by atoms with Crippen LogP contribution in [0.25, 0.3) is 5.65 Å². The number of aryl methyl sites for hydroxylation is 1. The van der Waals surface area contributed by atoms with Crippen LogP contribution in [0.15, 0.2) is 24.4 Å². The molecule has 1 aliphatic heterocycles. The minimum atomic E-state index is -0.0837. The lowest BCUT2D eigenvalue weighted by Gasteiger charge is -2.21. The van der Waals surface area contributed by atoms with Gasteiger partial charge in [-0.2, -0.15) is 0 Å². The molecular weight excluding hydrogens is 242 g/mol. The van der Waals surface area contributed by atoms with E-state index in [4.69, 9.17) is 0 Å². The molecule has 100 valence electrons. The molecule has 0 aromatic carbocycles. The van der Waals surface area contributed by atoms with Gasteiger partial charge in [-0.05, 0) is 31.9 Å². The van der Waals surface area contributed by atoms with Gasteiger partial charge in [0.2, 0.25) is 0 Å². The molecule has 1 atom stereocenters. The third-order valence-electron chi connectivity index (χ3n) is 3.76. The molecule has 1 amide bonds. The highest BCUT2D eigenvalue weighted by Crippen LogP contribution is 2.20. The summed E-state index contributed by atoms with van der Waals surface area (Å²) in [7, 11) is 0. The molecule has 0 radical (unpaired) electrons. The highest BCUT2D eigenvalue weighted by molar-refractivity contribution is 5.93. The second-order valence-corrected chi connectivity index (χ2v) is 5.00. The van der Waals surface area contributed by atoms with Crippen LogP contribution in [0.5, 0.6) is 0 Å². The van der Waals surface area contributed by atoms with Gasteiger partial charge in [-0.15, -0.1) is 0 Å². The predicted molar refractivity (Wildman–Crippen MR) is 71.1 cm³/mol. The van der Waals surface area contributed by atoms with Gasteiger partial charge in [-0.3, -0.25) is 4.79 Å². The first-order chi connectivity index (χ1) is 9.20. The Bertz CT molecular complexity index is 620. The maximum absolute atomic E-state index is 12.4. The molecule has 3 rings (SSSR count). The Morgan fingerprint density at radius 2 is 2.37 bits per heavy atom. The number of aliphatic hydroxyl groups excluding tert-OH is 1. The number of aromatic nitrogens is 2. The maximum Gasteiger partial charge on any atom is 0.274 e. The predicted octanol–water partition coefficient (Wildman–Crippen LogP) is 1.24. The summed E-state index contributed by atoms with van der Waals surface area (Å²) >= 11 is 0. The van der Waals surface area contributed by atoms with Crippen molar-refractivity contribution in [3.05, 3.63) is 35.8 Å². The van der Waals surface area contributed by atoms with Gasteiger partial charge in [0.05, 0.1) is 12.6 Å². The fraction of sp³-hybridized carbons (Fsp3) is 0.429. The number of aliphatic hydroxyl groups is 1. The van der Waals surface area contributed by atoms with Crippen molar-refractivity contribution in [2.45, 2.75) is 25.8 Å². The largest absolute Gasteiger partial charge is 0.394 e. The standard InChI is InChI=1S/C14H17N3O2/c1-10-4-2-6-13-15-12(8-17(10)13)14(19)16-7-3-5-11(16)9-18/h2,4,6,8,11,18H,3,5,7,9H2,1H3/t11-/m1/s1. The van der Waals surface area contributed by atoms with Crippen molar-refractivity contribution in [1.82, 2.24) is 14.3 Å². The molecule has 19 heavy (non-hydrogen) atoms. The Kier molecular flexibility index (Phi) is 2.98. The van der Waals surface area contributed by atoms with E-state index >= 15 is 0 Å². The van der Waals surface area contributed by atoms with E-state index in [-0.39, 0.29) is 18.6 Å². The van der Waals surface area contributed by atoms with Crippen molar-refractivity contribution in [1.29, 1.82) is 0 Å². The fourth-order valence-corrected chi connectivity index (χ4v) is 2.69. The van der Waals surface area contributed by atoms with E-state index in [2.05, 4.69) is 4.98 Å². The number of rotatable bonds is 2. The van der Waals surface area contributed by atoms with Gasteiger partial charge in [0, 0.05) is 18.4 Å². The second-order valence-electron chi connectivity index (χ2n) is 5.00.